The zero-order valence-corrected chi connectivity index (χ0v) is 18.3. The zero-order valence-electron chi connectivity index (χ0n) is 17.6. The summed E-state index contributed by atoms with van der Waals surface area (Å²) in [6.07, 6.45) is 4.68. The lowest BCUT2D eigenvalue weighted by molar-refractivity contribution is -0.141. The van der Waals surface area contributed by atoms with Gasteiger partial charge in [0.2, 0.25) is 5.91 Å². The van der Waals surface area contributed by atoms with Crippen LogP contribution in [0.3, 0.4) is 0 Å². The topological polar surface area (TPSA) is 49.9 Å². The number of carbonyl (C=O) groups is 2. The molecule has 5 rings (SSSR count). The zero-order chi connectivity index (χ0) is 21.5. The van der Waals surface area contributed by atoms with E-state index in [1.165, 1.54) is 0 Å². The first-order valence-corrected chi connectivity index (χ1v) is 11.4. The van der Waals surface area contributed by atoms with E-state index in [-0.39, 0.29) is 18.4 Å². The van der Waals surface area contributed by atoms with Crippen molar-refractivity contribution in [3.8, 4) is 0 Å². The summed E-state index contributed by atoms with van der Waals surface area (Å²) in [7, 11) is 0. The van der Waals surface area contributed by atoms with E-state index in [0.29, 0.717) is 24.7 Å². The maximum absolute atomic E-state index is 13.8. The molecule has 6 heteroatoms. The normalized spacial score (nSPS) is 25.4. The highest BCUT2D eigenvalue weighted by atomic mass is 35.5. The lowest BCUT2D eigenvalue weighted by Crippen LogP contribution is -2.57. The Bertz CT molecular complexity index is 989. The predicted molar refractivity (Wildman–Crippen MR) is 120 cm³/mol. The van der Waals surface area contributed by atoms with Crippen LogP contribution in [0.4, 0.5) is 5.69 Å². The Morgan fingerprint density at radius 2 is 1.74 bits per heavy atom. The van der Waals surface area contributed by atoms with E-state index in [0.717, 1.165) is 43.4 Å². The van der Waals surface area contributed by atoms with Gasteiger partial charge < -0.3 is 14.5 Å². The molecule has 0 bridgehead atoms. The Morgan fingerprint density at radius 3 is 2.48 bits per heavy atom. The number of nitrogens with zero attached hydrogens (tertiary/aromatic N) is 2. The number of hydrogen-bond acceptors (Lipinski definition) is 3. The van der Waals surface area contributed by atoms with Gasteiger partial charge >= 0.3 is 0 Å². The van der Waals surface area contributed by atoms with Gasteiger partial charge in [-0.15, -0.1) is 0 Å². The van der Waals surface area contributed by atoms with Crippen LogP contribution < -0.4 is 4.90 Å². The number of likely N-dealkylation sites (tertiary alicyclic amines) is 1. The Kier molecular flexibility index (Phi) is 5.27. The van der Waals surface area contributed by atoms with Crippen LogP contribution in [0.25, 0.3) is 0 Å². The first kappa shape index (κ1) is 20.5. The Balaban J connectivity index is 1.37. The standard InChI is InChI=1S/C25H27ClN2O3/c26-20-9-6-10-21(15-20)28-18-24(31-16-22(28)29)13-14-27(17-24)23(30)25(11-4-5-12-25)19-7-2-1-3-8-19/h1-3,6-10,15H,4-5,11-14,16-18H2. The number of morpholine rings is 1. The van der Waals surface area contributed by atoms with E-state index in [2.05, 4.69) is 12.1 Å². The summed E-state index contributed by atoms with van der Waals surface area (Å²) < 4.78 is 6.08. The van der Waals surface area contributed by atoms with E-state index in [1.807, 2.05) is 35.2 Å². The second-order valence-corrected chi connectivity index (χ2v) is 9.50. The van der Waals surface area contributed by atoms with Crippen molar-refractivity contribution < 1.29 is 14.3 Å². The molecule has 2 aromatic rings. The summed E-state index contributed by atoms with van der Waals surface area (Å²) >= 11 is 6.15. The average Bonchev–Trinajstić information content (AvgIpc) is 3.45. The smallest absolute Gasteiger partial charge is 0.253 e. The van der Waals surface area contributed by atoms with Crippen molar-refractivity contribution in [3.63, 3.8) is 0 Å². The molecule has 162 valence electrons. The number of anilines is 1. The van der Waals surface area contributed by atoms with E-state index in [9.17, 15) is 9.59 Å². The highest BCUT2D eigenvalue weighted by molar-refractivity contribution is 6.30. The van der Waals surface area contributed by atoms with Gasteiger partial charge in [-0.05, 0) is 43.0 Å². The van der Waals surface area contributed by atoms with Gasteiger partial charge in [-0.1, -0.05) is 60.8 Å². The molecule has 1 spiro atoms. The van der Waals surface area contributed by atoms with Crippen LogP contribution in [-0.2, 0) is 19.7 Å². The van der Waals surface area contributed by atoms with Gasteiger partial charge in [-0.3, -0.25) is 9.59 Å². The number of hydrogen-bond donors (Lipinski definition) is 0. The minimum absolute atomic E-state index is 0.0262. The van der Waals surface area contributed by atoms with Gasteiger partial charge in [0.05, 0.1) is 18.5 Å². The molecule has 5 nitrogen and oxygen atoms in total. The molecule has 0 radical (unpaired) electrons. The van der Waals surface area contributed by atoms with Crippen LogP contribution in [0.1, 0.15) is 37.7 Å². The molecule has 1 atom stereocenters. The lowest BCUT2D eigenvalue weighted by Gasteiger charge is -2.40. The quantitative estimate of drug-likeness (QED) is 0.722. The van der Waals surface area contributed by atoms with Gasteiger partial charge in [-0.25, -0.2) is 0 Å². The molecule has 1 unspecified atom stereocenters. The summed E-state index contributed by atoms with van der Waals surface area (Å²) in [5.41, 5.74) is 0.951. The number of benzene rings is 2. The van der Waals surface area contributed by atoms with Crippen LogP contribution in [0.5, 0.6) is 0 Å². The molecule has 2 aromatic carbocycles. The van der Waals surface area contributed by atoms with Crippen molar-refractivity contribution in [2.24, 2.45) is 0 Å². The van der Waals surface area contributed by atoms with Crippen molar-refractivity contribution >= 4 is 29.1 Å². The second-order valence-electron chi connectivity index (χ2n) is 9.06. The number of rotatable bonds is 3. The number of carbonyl (C=O) groups excluding carboxylic acids is 2. The highest BCUT2D eigenvalue weighted by Gasteiger charge is 2.51. The fourth-order valence-corrected chi connectivity index (χ4v) is 5.71. The average molecular weight is 439 g/mol. The second kappa shape index (κ2) is 7.95. The summed E-state index contributed by atoms with van der Waals surface area (Å²) in [6.45, 7) is 1.64. The molecule has 0 aromatic heterocycles. The van der Waals surface area contributed by atoms with Crippen LogP contribution in [0.2, 0.25) is 5.02 Å². The molecule has 3 aliphatic rings. The van der Waals surface area contributed by atoms with Crippen molar-refractivity contribution in [2.45, 2.75) is 43.1 Å². The third-order valence-corrected chi connectivity index (χ3v) is 7.40. The van der Waals surface area contributed by atoms with Crippen molar-refractivity contribution in [1.29, 1.82) is 0 Å². The van der Waals surface area contributed by atoms with Gasteiger partial charge in [0.15, 0.2) is 0 Å². The fourth-order valence-electron chi connectivity index (χ4n) is 5.52. The third-order valence-electron chi connectivity index (χ3n) is 7.17. The first-order chi connectivity index (χ1) is 15.0. The minimum Gasteiger partial charge on any atom is -0.361 e. The molecule has 3 fully saturated rings. The molecule has 0 N–H and O–H groups in total. The third kappa shape index (κ3) is 3.64. The maximum Gasteiger partial charge on any atom is 0.253 e. The molecule has 2 amide bonds. The maximum atomic E-state index is 13.8. The van der Waals surface area contributed by atoms with Crippen molar-refractivity contribution in [3.05, 3.63) is 65.2 Å². The van der Waals surface area contributed by atoms with Gasteiger partial charge in [0.1, 0.15) is 12.2 Å². The Hall–Kier alpha value is -2.37. The molecule has 1 aliphatic carbocycles. The van der Waals surface area contributed by atoms with Gasteiger partial charge in [0, 0.05) is 17.3 Å². The largest absolute Gasteiger partial charge is 0.361 e. The van der Waals surface area contributed by atoms with E-state index in [4.69, 9.17) is 16.3 Å². The van der Waals surface area contributed by atoms with Crippen LogP contribution >= 0.6 is 11.6 Å². The van der Waals surface area contributed by atoms with Crippen molar-refractivity contribution in [2.75, 3.05) is 31.1 Å². The molecular weight excluding hydrogens is 412 g/mol. The summed E-state index contributed by atoms with van der Waals surface area (Å²) in [5, 5.41) is 0.597. The summed E-state index contributed by atoms with van der Waals surface area (Å²) in [4.78, 5) is 30.1. The molecule has 2 heterocycles. The van der Waals surface area contributed by atoms with Crippen molar-refractivity contribution in [1.82, 2.24) is 4.90 Å². The van der Waals surface area contributed by atoms with Crippen LogP contribution in [-0.4, -0.2) is 48.6 Å². The molecule has 2 saturated heterocycles. The van der Waals surface area contributed by atoms with E-state index in [1.54, 1.807) is 17.0 Å². The van der Waals surface area contributed by atoms with Crippen LogP contribution in [0.15, 0.2) is 54.6 Å². The number of halogens is 1. The molecular formula is C25H27ClN2O3. The van der Waals surface area contributed by atoms with Crippen LogP contribution in [0, 0.1) is 0 Å². The predicted octanol–water partition coefficient (Wildman–Crippen LogP) is 4.19. The molecule has 1 saturated carbocycles. The number of amides is 2. The minimum atomic E-state index is -0.525. The Morgan fingerprint density at radius 1 is 0.968 bits per heavy atom. The molecule has 31 heavy (non-hydrogen) atoms. The van der Waals surface area contributed by atoms with E-state index < -0.39 is 11.0 Å². The summed E-state index contributed by atoms with van der Waals surface area (Å²) in [6, 6.07) is 17.6. The Labute approximate surface area is 187 Å². The lowest BCUT2D eigenvalue weighted by atomic mass is 9.77. The monoisotopic (exact) mass is 438 g/mol. The fraction of sp³-hybridized carbons (Fsp3) is 0.440. The number of ether oxygens (including phenoxy) is 1. The van der Waals surface area contributed by atoms with E-state index >= 15 is 0 Å². The summed E-state index contributed by atoms with van der Waals surface area (Å²) in [5.74, 6) is 0.136. The molecule has 2 aliphatic heterocycles. The van der Waals surface area contributed by atoms with Gasteiger partial charge in [-0.2, -0.15) is 0 Å². The van der Waals surface area contributed by atoms with Gasteiger partial charge in [0.25, 0.3) is 5.91 Å². The highest BCUT2D eigenvalue weighted by Crippen LogP contribution is 2.44. The SMILES string of the molecule is O=C1COC2(CCN(C(=O)C3(c4ccccc4)CCCC3)C2)CN1c1cccc(Cl)c1. The first-order valence-electron chi connectivity index (χ1n) is 11.1.